The maximum atomic E-state index is 11.2. The first-order valence-electron chi connectivity index (χ1n) is 4.13. The number of ether oxygens (including phenoxy) is 1. The van der Waals surface area contributed by atoms with Gasteiger partial charge in [0.1, 0.15) is 0 Å². The third kappa shape index (κ3) is 3.00. The average molecular weight is 203 g/mol. The molecule has 1 aliphatic rings. The van der Waals surface area contributed by atoms with E-state index in [9.17, 15) is 4.79 Å². The van der Waals surface area contributed by atoms with Crippen molar-refractivity contribution in [3.05, 3.63) is 0 Å². The van der Waals surface area contributed by atoms with E-state index >= 15 is 0 Å². The molecule has 5 nitrogen and oxygen atoms in total. The highest BCUT2D eigenvalue weighted by Crippen LogP contribution is 2.15. The molecule has 6 heteroatoms. The molecule has 1 rings (SSSR count). The number of thiocarbonyl (C=S) groups is 1. The average Bonchev–Trinajstić information content (AvgIpc) is 2.18. The maximum absolute atomic E-state index is 11.2. The summed E-state index contributed by atoms with van der Waals surface area (Å²) in [6, 6.07) is 0. The van der Waals surface area contributed by atoms with Crippen molar-refractivity contribution in [3.8, 4) is 0 Å². The maximum Gasteiger partial charge on any atom is 0.315 e. The van der Waals surface area contributed by atoms with Gasteiger partial charge in [-0.1, -0.05) is 0 Å². The first-order chi connectivity index (χ1) is 6.27. The first-order valence-corrected chi connectivity index (χ1v) is 4.60. The Balaban J connectivity index is 2.41. The number of nitrogens with one attached hydrogen (secondary N) is 1. The lowest BCUT2D eigenvalue weighted by Crippen LogP contribution is -2.49. The molecule has 0 spiro atoms. The quantitative estimate of drug-likeness (QED) is 0.281. The van der Waals surface area contributed by atoms with Crippen LogP contribution in [-0.4, -0.2) is 29.6 Å². The zero-order chi connectivity index (χ0) is 9.68. The van der Waals surface area contributed by atoms with Gasteiger partial charge in [-0.15, -0.1) is 0 Å². The summed E-state index contributed by atoms with van der Waals surface area (Å²) in [7, 11) is 0. The van der Waals surface area contributed by atoms with Crippen molar-refractivity contribution in [3.63, 3.8) is 0 Å². The van der Waals surface area contributed by atoms with Gasteiger partial charge in [0.05, 0.1) is 5.92 Å². The number of hydrogen-bond donors (Lipinski definition) is 2. The topological polar surface area (TPSA) is 67.6 Å². The van der Waals surface area contributed by atoms with Crippen LogP contribution in [-0.2, 0) is 9.53 Å². The molecule has 1 aliphatic heterocycles. The van der Waals surface area contributed by atoms with Crippen LogP contribution in [0.4, 0.5) is 0 Å². The van der Waals surface area contributed by atoms with Crippen molar-refractivity contribution < 1.29 is 9.53 Å². The van der Waals surface area contributed by atoms with Crippen LogP contribution < -0.4 is 11.4 Å². The first kappa shape index (κ1) is 10.5. The van der Waals surface area contributed by atoms with Crippen molar-refractivity contribution in [2.75, 3.05) is 13.1 Å². The number of carbonyl (C=O) groups is 1. The minimum absolute atomic E-state index is 0.121. The number of rotatable bonds is 3. The van der Waals surface area contributed by atoms with E-state index in [4.69, 9.17) is 5.84 Å². The number of hydrogen-bond acceptors (Lipinski definition) is 6. The Hall–Kier alpha value is -0.560. The second-order valence-corrected chi connectivity index (χ2v) is 3.14. The Morgan fingerprint density at radius 2 is 2.54 bits per heavy atom. The van der Waals surface area contributed by atoms with E-state index in [1.807, 2.05) is 0 Å². The molecule has 0 aliphatic carbocycles. The lowest BCUT2D eigenvalue weighted by molar-refractivity contribution is -0.141. The Kier molecular flexibility index (Phi) is 4.23. The van der Waals surface area contributed by atoms with Crippen LogP contribution in [0.15, 0.2) is 0 Å². The van der Waals surface area contributed by atoms with Gasteiger partial charge >= 0.3 is 5.97 Å². The summed E-state index contributed by atoms with van der Waals surface area (Å²) in [5, 5.41) is 1.79. The molecule has 0 saturated carbocycles. The summed E-state index contributed by atoms with van der Waals surface area (Å²) in [4.78, 5) is 11.2. The van der Waals surface area contributed by atoms with Crippen molar-refractivity contribution in [1.29, 1.82) is 0 Å². The van der Waals surface area contributed by atoms with E-state index in [0.29, 0.717) is 6.54 Å². The zero-order valence-electron chi connectivity index (χ0n) is 7.23. The fourth-order valence-electron chi connectivity index (χ4n) is 1.43. The Labute approximate surface area is 82.1 Å². The second kappa shape index (κ2) is 5.23. The molecule has 1 fully saturated rings. The van der Waals surface area contributed by atoms with E-state index in [1.54, 1.807) is 5.01 Å². The highest BCUT2D eigenvalue weighted by Gasteiger charge is 2.26. The van der Waals surface area contributed by atoms with E-state index in [2.05, 4.69) is 22.5 Å². The van der Waals surface area contributed by atoms with Crippen molar-refractivity contribution in [1.82, 2.24) is 10.5 Å². The van der Waals surface area contributed by atoms with Crippen LogP contribution >= 0.6 is 12.2 Å². The molecule has 0 amide bonds. The molecule has 0 bridgehead atoms. The third-order valence-corrected chi connectivity index (χ3v) is 2.20. The van der Waals surface area contributed by atoms with Crippen LogP contribution in [0.2, 0.25) is 0 Å². The summed E-state index contributed by atoms with van der Waals surface area (Å²) in [5.74, 6) is 4.85. The van der Waals surface area contributed by atoms with Crippen LogP contribution in [0.3, 0.4) is 0 Å². The fraction of sp³-hybridized carbons (Fsp3) is 0.714. The predicted molar refractivity (Wildman–Crippen MR) is 51.4 cm³/mol. The predicted octanol–water partition coefficient (Wildman–Crippen LogP) is -0.423. The van der Waals surface area contributed by atoms with Gasteiger partial charge in [-0.3, -0.25) is 10.6 Å². The lowest BCUT2D eigenvalue weighted by atomic mass is 10.00. The number of piperidine rings is 1. The summed E-state index contributed by atoms with van der Waals surface area (Å²) >= 11 is 4.43. The molecule has 1 heterocycles. The summed E-state index contributed by atoms with van der Waals surface area (Å²) in [6.07, 6.45) is 1.77. The highest BCUT2D eigenvalue weighted by molar-refractivity contribution is 7.78. The number of nitrogens with zero attached hydrogens (tertiary/aromatic N) is 1. The standard InChI is InChI=1S/C7H13N3O2S/c8-9-10-3-1-2-6(4-10)7(11)12-5-13/h5-6,9H,1-4,8H2. The van der Waals surface area contributed by atoms with Gasteiger partial charge in [-0.25, -0.2) is 5.01 Å². The van der Waals surface area contributed by atoms with Gasteiger partial charge in [0.2, 0.25) is 0 Å². The van der Waals surface area contributed by atoms with E-state index in [1.165, 1.54) is 0 Å². The normalized spacial score (nSPS) is 23.9. The molecule has 3 N–H and O–H groups in total. The molecule has 1 unspecified atom stereocenters. The minimum atomic E-state index is -0.269. The van der Waals surface area contributed by atoms with E-state index in [0.717, 1.165) is 24.9 Å². The number of hydrazine groups is 2. The monoisotopic (exact) mass is 203 g/mol. The van der Waals surface area contributed by atoms with E-state index in [-0.39, 0.29) is 11.9 Å². The molecule has 0 aromatic rings. The largest absolute Gasteiger partial charge is 0.422 e. The van der Waals surface area contributed by atoms with Crippen molar-refractivity contribution in [2.45, 2.75) is 12.8 Å². The van der Waals surface area contributed by atoms with E-state index < -0.39 is 0 Å². The zero-order valence-corrected chi connectivity index (χ0v) is 8.05. The molecule has 1 saturated heterocycles. The minimum Gasteiger partial charge on any atom is -0.422 e. The molecule has 74 valence electrons. The molecule has 0 aromatic carbocycles. The molecule has 1 atom stereocenters. The molecular formula is C7H13N3O2S. The molecule has 13 heavy (non-hydrogen) atoms. The summed E-state index contributed by atoms with van der Waals surface area (Å²) in [6.45, 7) is 1.44. The van der Waals surface area contributed by atoms with Gasteiger partial charge in [-0.2, -0.15) is 5.53 Å². The Morgan fingerprint density at radius 3 is 3.15 bits per heavy atom. The van der Waals surface area contributed by atoms with Crippen LogP contribution in [0.1, 0.15) is 12.8 Å². The van der Waals surface area contributed by atoms with Crippen LogP contribution in [0.5, 0.6) is 0 Å². The third-order valence-electron chi connectivity index (χ3n) is 2.10. The van der Waals surface area contributed by atoms with Gasteiger partial charge in [0.15, 0.2) is 5.55 Å². The van der Waals surface area contributed by atoms with Crippen molar-refractivity contribution >= 4 is 23.7 Å². The highest BCUT2D eigenvalue weighted by atomic mass is 32.1. The van der Waals surface area contributed by atoms with Gasteiger partial charge < -0.3 is 4.74 Å². The van der Waals surface area contributed by atoms with Gasteiger partial charge in [-0.05, 0) is 25.1 Å². The Morgan fingerprint density at radius 1 is 1.77 bits per heavy atom. The van der Waals surface area contributed by atoms with Crippen LogP contribution in [0.25, 0.3) is 0 Å². The molecule has 0 radical (unpaired) electrons. The van der Waals surface area contributed by atoms with Gasteiger partial charge in [0, 0.05) is 13.1 Å². The molecule has 0 aromatic heterocycles. The lowest BCUT2D eigenvalue weighted by Gasteiger charge is -2.29. The second-order valence-electron chi connectivity index (χ2n) is 2.95. The summed E-state index contributed by atoms with van der Waals surface area (Å²) in [5.41, 5.74) is 3.52. The summed E-state index contributed by atoms with van der Waals surface area (Å²) < 4.78 is 4.63. The Bertz CT molecular complexity index is 200. The van der Waals surface area contributed by atoms with Crippen LogP contribution in [0, 0.1) is 5.92 Å². The SMILES string of the molecule is NNN1CCCC(C(=O)OC=S)C1. The molecular weight excluding hydrogens is 190 g/mol. The fourth-order valence-corrected chi connectivity index (χ4v) is 1.53. The number of carbonyl (C=O) groups excluding carboxylic acids is 1. The number of nitrogens with two attached hydrogens (primary N) is 1. The smallest absolute Gasteiger partial charge is 0.315 e. The number of esters is 1. The van der Waals surface area contributed by atoms with Crippen molar-refractivity contribution in [2.24, 2.45) is 11.8 Å². The van der Waals surface area contributed by atoms with Gasteiger partial charge in [0.25, 0.3) is 0 Å².